The summed E-state index contributed by atoms with van der Waals surface area (Å²) in [6.45, 7) is 1.94. The van der Waals surface area contributed by atoms with Crippen LogP contribution in [0.25, 0.3) is 5.69 Å². The Morgan fingerprint density at radius 2 is 2.05 bits per heavy atom. The van der Waals surface area contributed by atoms with Gasteiger partial charge in [0.1, 0.15) is 0 Å². The number of carbonyl (C=O) groups excluding carboxylic acids is 1. The second-order valence-corrected chi connectivity index (χ2v) is 5.21. The van der Waals surface area contributed by atoms with Gasteiger partial charge in [0.25, 0.3) is 5.91 Å². The van der Waals surface area contributed by atoms with Crippen molar-refractivity contribution in [2.75, 3.05) is 5.32 Å². The summed E-state index contributed by atoms with van der Waals surface area (Å²) < 4.78 is 1.74. The van der Waals surface area contributed by atoms with Crippen molar-refractivity contribution in [1.29, 1.82) is 0 Å². The van der Waals surface area contributed by atoms with Crippen LogP contribution in [-0.2, 0) is 0 Å². The quantitative estimate of drug-likeness (QED) is 0.804. The number of aromatic nitrogens is 3. The highest BCUT2D eigenvalue weighted by Crippen LogP contribution is 2.16. The Bertz CT molecular complexity index is 716. The monoisotopic (exact) mass is 284 g/mol. The molecule has 1 N–H and O–H groups in total. The van der Waals surface area contributed by atoms with Crippen molar-refractivity contribution in [2.24, 2.45) is 0 Å². The molecule has 2 aromatic heterocycles. The van der Waals surface area contributed by atoms with Crippen LogP contribution in [0.1, 0.15) is 15.4 Å². The number of benzene rings is 1. The zero-order chi connectivity index (χ0) is 13.9. The van der Waals surface area contributed by atoms with Gasteiger partial charge < -0.3 is 5.32 Å². The largest absolute Gasteiger partial charge is 0.321 e. The van der Waals surface area contributed by atoms with Gasteiger partial charge >= 0.3 is 0 Å². The molecular weight excluding hydrogens is 272 g/mol. The minimum atomic E-state index is -0.0929. The summed E-state index contributed by atoms with van der Waals surface area (Å²) in [5, 5.41) is 12.6. The van der Waals surface area contributed by atoms with Crippen molar-refractivity contribution in [2.45, 2.75) is 6.92 Å². The summed E-state index contributed by atoms with van der Waals surface area (Å²) in [6, 6.07) is 11.1. The Morgan fingerprint density at radius 1 is 1.25 bits per heavy atom. The molecule has 100 valence electrons. The standard InChI is InChI=1S/C14H12N4OS/c1-10-9-15-17-18(10)12-6-4-11(5-7-12)16-14(19)13-3-2-8-20-13/h2-9H,1H3,(H,16,19). The number of carbonyl (C=O) groups is 1. The molecule has 6 heteroatoms. The highest BCUT2D eigenvalue weighted by molar-refractivity contribution is 7.12. The van der Waals surface area contributed by atoms with Gasteiger partial charge in [-0.15, -0.1) is 16.4 Å². The van der Waals surface area contributed by atoms with E-state index in [2.05, 4.69) is 15.6 Å². The smallest absolute Gasteiger partial charge is 0.265 e. The summed E-state index contributed by atoms with van der Waals surface area (Å²) in [7, 11) is 0. The van der Waals surface area contributed by atoms with E-state index in [0.29, 0.717) is 4.88 Å². The van der Waals surface area contributed by atoms with Gasteiger partial charge in [-0.2, -0.15) is 0 Å². The number of anilines is 1. The molecular formula is C14H12N4OS. The molecule has 0 aliphatic rings. The summed E-state index contributed by atoms with van der Waals surface area (Å²) in [5.74, 6) is -0.0929. The molecule has 2 heterocycles. The Labute approximate surface area is 119 Å². The number of rotatable bonds is 3. The Morgan fingerprint density at radius 3 is 2.65 bits per heavy atom. The second kappa shape index (κ2) is 5.26. The van der Waals surface area contributed by atoms with E-state index in [-0.39, 0.29) is 5.91 Å². The molecule has 0 fully saturated rings. The SMILES string of the molecule is Cc1cnnn1-c1ccc(NC(=O)c2cccs2)cc1. The maximum Gasteiger partial charge on any atom is 0.265 e. The Kier molecular flexibility index (Phi) is 3.30. The molecule has 0 saturated heterocycles. The van der Waals surface area contributed by atoms with Crippen LogP contribution in [-0.4, -0.2) is 20.9 Å². The summed E-state index contributed by atoms with van der Waals surface area (Å²) in [6.07, 6.45) is 1.70. The highest BCUT2D eigenvalue weighted by Gasteiger charge is 2.07. The average Bonchev–Trinajstić information content (AvgIpc) is 3.11. The van der Waals surface area contributed by atoms with E-state index < -0.39 is 0 Å². The van der Waals surface area contributed by atoms with Crippen molar-refractivity contribution < 1.29 is 4.79 Å². The van der Waals surface area contributed by atoms with Crippen LogP contribution in [0, 0.1) is 6.92 Å². The molecule has 1 amide bonds. The molecule has 3 aromatic rings. The lowest BCUT2D eigenvalue weighted by Crippen LogP contribution is -2.10. The molecule has 0 radical (unpaired) electrons. The fourth-order valence-corrected chi connectivity index (χ4v) is 2.45. The van der Waals surface area contributed by atoms with E-state index in [1.807, 2.05) is 42.6 Å². The molecule has 0 bridgehead atoms. The van der Waals surface area contributed by atoms with Crippen LogP contribution in [0.15, 0.2) is 48.0 Å². The molecule has 0 aliphatic carbocycles. The third-order valence-electron chi connectivity index (χ3n) is 2.83. The first-order valence-electron chi connectivity index (χ1n) is 6.06. The minimum absolute atomic E-state index is 0.0929. The molecule has 1 aromatic carbocycles. The highest BCUT2D eigenvalue weighted by atomic mass is 32.1. The average molecular weight is 284 g/mol. The number of hydrogen-bond donors (Lipinski definition) is 1. The lowest BCUT2D eigenvalue weighted by molar-refractivity contribution is 0.103. The van der Waals surface area contributed by atoms with Gasteiger partial charge in [-0.05, 0) is 42.6 Å². The fourth-order valence-electron chi connectivity index (χ4n) is 1.83. The molecule has 3 rings (SSSR count). The normalized spacial score (nSPS) is 10.4. The van der Waals surface area contributed by atoms with E-state index in [1.54, 1.807) is 16.9 Å². The van der Waals surface area contributed by atoms with Crippen molar-refractivity contribution in [3.63, 3.8) is 0 Å². The van der Waals surface area contributed by atoms with E-state index in [9.17, 15) is 4.79 Å². The number of nitrogens with one attached hydrogen (secondary N) is 1. The van der Waals surface area contributed by atoms with Crippen LogP contribution in [0.2, 0.25) is 0 Å². The molecule has 20 heavy (non-hydrogen) atoms. The third kappa shape index (κ3) is 2.46. The van der Waals surface area contributed by atoms with E-state index in [0.717, 1.165) is 17.1 Å². The van der Waals surface area contributed by atoms with Crippen LogP contribution >= 0.6 is 11.3 Å². The number of nitrogens with zero attached hydrogens (tertiary/aromatic N) is 3. The molecule has 0 atom stereocenters. The lowest BCUT2D eigenvalue weighted by Gasteiger charge is -2.06. The maximum atomic E-state index is 11.9. The zero-order valence-electron chi connectivity index (χ0n) is 10.8. The zero-order valence-corrected chi connectivity index (χ0v) is 11.6. The topological polar surface area (TPSA) is 59.8 Å². The molecule has 0 unspecified atom stereocenters. The number of amides is 1. The molecule has 0 saturated carbocycles. The maximum absolute atomic E-state index is 11.9. The van der Waals surface area contributed by atoms with Gasteiger partial charge in [0.05, 0.1) is 22.5 Å². The number of aryl methyl sites for hydroxylation is 1. The van der Waals surface area contributed by atoms with Crippen molar-refractivity contribution in [3.8, 4) is 5.69 Å². The summed E-state index contributed by atoms with van der Waals surface area (Å²) in [5.41, 5.74) is 2.62. The summed E-state index contributed by atoms with van der Waals surface area (Å²) in [4.78, 5) is 12.6. The van der Waals surface area contributed by atoms with Crippen LogP contribution < -0.4 is 5.32 Å². The first kappa shape index (κ1) is 12.6. The third-order valence-corrected chi connectivity index (χ3v) is 3.70. The number of hydrogen-bond acceptors (Lipinski definition) is 4. The predicted octanol–water partition coefficient (Wildman–Crippen LogP) is 2.89. The molecule has 5 nitrogen and oxygen atoms in total. The van der Waals surface area contributed by atoms with E-state index >= 15 is 0 Å². The van der Waals surface area contributed by atoms with Gasteiger partial charge in [0, 0.05) is 5.69 Å². The predicted molar refractivity (Wildman–Crippen MR) is 78.4 cm³/mol. The molecule has 0 aliphatic heterocycles. The Balaban J connectivity index is 1.77. The van der Waals surface area contributed by atoms with Crippen LogP contribution in [0.4, 0.5) is 5.69 Å². The van der Waals surface area contributed by atoms with E-state index in [4.69, 9.17) is 0 Å². The minimum Gasteiger partial charge on any atom is -0.321 e. The van der Waals surface area contributed by atoms with Crippen molar-refractivity contribution >= 4 is 22.9 Å². The molecule has 0 spiro atoms. The number of thiophene rings is 1. The van der Waals surface area contributed by atoms with Gasteiger partial charge in [0.2, 0.25) is 0 Å². The van der Waals surface area contributed by atoms with Crippen LogP contribution in [0.3, 0.4) is 0 Å². The van der Waals surface area contributed by atoms with E-state index in [1.165, 1.54) is 11.3 Å². The lowest BCUT2D eigenvalue weighted by atomic mass is 10.2. The van der Waals surface area contributed by atoms with Gasteiger partial charge in [0.15, 0.2) is 0 Å². The van der Waals surface area contributed by atoms with Crippen LogP contribution in [0.5, 0.6) is 0 Å². The van der Waals surface area contributed by atoms with Gasteiger partial charge in [-0.3, -0.25) is 4.79 Å². The summed E-state index contributed by atoms with van der Waals surface area (Å²) >= 11 is 1.42. The fraction of sp³-hybridized carbons (Fsp3) is 0.0714. The first-order chi connectivity index (χ1) is 9.74. The van der Waals surface area contributed by atoms with Crippen molar-refractivity contribution in [1.82, 2.24) is 15.0 Å². The van der Waals surface area contributed by atoms with Gasteiger partial charge in [-0.1, -0.05) is 11.3 Å². The Hall–Kier alpha value is -2.47. The second-order valence-electron chi connectivity index (χ2n) is 4.27. The van der Waals surface area contributed by atoms with Gasteiger partial charge in [-0.25, -0.2) is 4.68 Å². The first-order valence-corrected chi connectivity index (χ1v) is 6.94. The van der Waals surface area contributed by atoms with Crippen molar-refractivity contribution in [3.05, 3.63) is 58.5 Å².